The summed E-state index contributed by atoms with van der Waals surface area (Å²) in [4.78, 5) is 2.21. The van der Waals surface area contributed by atoms with Gasteiger partial charge in [-0.05, 0) is 42.3 Å². The number of hydrogen-bond donors (Lipinski definition) is 0. The number of hydrogen-bond acceptors (Lipinski definition) is 4. The molecule has 0 aliphatic carbocycles. The van der Waals surface area contributed by atoms with Crippen molar-refractivity contribution in [2.75, 3.05) is 18.1 Å². The molecule has 5 heteroatoms. The predicted molar refractivity (Wildman–Crippen MR) is 113 cm³/mol. The fourth-order valence-corrected chi connectivity index (χ4v) is 4.20. The van der Waals surface area contributed by atoms with Crippen molar-refractivity contribution in [3.8, 4) is 11.1 Å². The fourth-order valence-electron chi connectivity index (χ4n) is 3.30. The molecule has 1 heterocycles. The van der Waals surface area contributed by atoms with E-state index >= 15 is 0 Å². The Morgan fingerprint density at radius 2 is 1.54 bits per heavy atom. The average molecular weight is 391 g/mol. The monoisotopic (exact) mass is 391 g/mol. The average Bonchev–Trinajstić information content (AvgIpc) is 2.86. The molecule has 0 aromatic heterocycles. The van der Waals surface area contributed by atoms with Crippen LogP contribution < -0.4 is 4.90 Å². The van der Waals surface area contributed by atoms with Gasteiger partial charge in [0, 0.05) is 24.0 Å². The Bertz CT molecular complexity index is 1120. The smallest absolute Gasteiger partial charge is 0.297 e. The SMILES string of the molecule is Cc1ccc(S(=O)(=O)OCCN2C=Cc3ccccc3-c3ccccc32)cc1. The number of benzene rings is 3. The molecular weight excluding hydrogens is 370 g/mol. The topological polar surface area (TPSA) is 46.6 Å². The summed E-state index contributed by atoms with van der Waals surface area (Å²) in [7, 11) is -3.77. The molecule has 4 nitrogen and oxygen atoms in total. The highest BCUT2D eigenvalue weighted by atomic mass is 32.2. The molecule has 1 aliphatic rings. The lowest BCUT2D eigenvalue weighted by molar-refractivity contribution is 0.327. The van der Waals surface area contributed by atoms with Crippen LogP contribution in [-0.2, 0) is 14.3 Å². The van der Waals surface area contributed by atoms with Crippen molar-refractivity contribution in [3.05, 3.63) is 90.1 Å². The lowest BCUT2D eigenvalue weighted by Gasteiger charge is -2.22. The first-order valence-electron chi connectivity index (χ1n) is 9.14. The van der Waals surface area contributed by atoms with Crippen LogP contribution in [0.5, 0.6) is 0 Å². The third kappa shape index (κ3) is 3.72. The molecular formula is C23H21NO3S. The minimum atomic E-state index is -3.77. The van der Waals surface area contributed by atoms with Crippen LogP contribution in [-0.4, -0.2) is 21.6 Å². The number of anilines is 1. The van der Waals surface area contributed by atoms with Gasteiger partial charge in [-0.1, -0.05) is 60.2 Å². The van der Waals surface area contributed by atoms with Crippen LogP contribution in [0.3, 0.4) is 0 Å². The summed E-state index contributed by atoms with van der Waals surface area (Å²) < 4.78 is 30.1. The maximum Gasteiger partial charge on any atom is 0.297 e. The van der Waals surface area contributed by atoms with Gasteiger partial charge in [-0.15, -0.1) is 0 Å². The third-order valence-electron chi connectivity index (χ3n) is 4.78. The van der Waals surface area contributed by atoms with E-state index in [9.17, 15) is 8.42 Å². The van der Waals surface area contributed by atoms with Crippen molar-refractivity contribution in [1.29, 1.82) is 0 Å². The number of nitrogens with zero attached hydrogens (tertiary/aromatic N) is 1. The Morgan fingerprint density at radius 3 is 2.32 bits per heavy atom. The molecule has 3 aromatic carbocycles. The molecule has 0 N–H and O–H groups in total. The summed E-state index contributed by atoms with van der Waals surface area (Å²) in [5, 5.41) is 0. The Labute approximate surface area is 165 Å². The Balaban J connectivity index is 1.54. The van der Waals surface area contributed by atoms with E-state index in [0.717, 1.165) is 27.9 Å². The van der Waals surface area contributed by atoms with Gasteiger partial charge < -0.3 is 4.90 Å². The van der Waals surface area contributed by atoms with E-state index < -0.39 is 10.1 Å². The Hall–Kier alpha value is -2.89. The minimum Gasteiger partial charge on any atom is -0.345 e. The van der Waals surface area contributed by atoms with Crippen LogP contribution >= 0.6 is 0 Å². The van der Waals surface area contributed by atoms with Crippen LogP contribution in [0.25, 0.3) is 17.2 Å². The summed E-state index contributed by atoms with van der Waals surface area (Å²) in [6, 6.07) is 23.0. The van der Waals surface area contributed by atoms with E-state index in [4.69, 9.17) is 4.18 Å². The largest absolute Gasteiger partial charge is 0.345 e. The highest BCUT2D eigenvalue weighted by Gasteiger charge is 2.18. The van der Waals surface area contributed by atoms with Gasteiger partial charge in [-0.25, -0.2) is 0 Å². The number of aryl methyl sites for hydroxylation is 1. The number of fused-ring (bicyclic) bond motifs is 3. The van der Waals surface area contributed by atoms with Gasteiger partial charge in [-0.2, -0.15) is 8.42 Å². The second kappa shape index (κ2) is 7.62. The second-order valence-corrected chi connectivity index (χ2v) is 8.32. The minimum absolute atomic E-state index is 0.0607. The molecule has 0 bridgehead atoms. The molecule has 3 aromatic rings. The zero-order chi connectivity index (χ0) is 19.6. The molecule has 0 unspecified atom stereocenters. The summed E-state index contributed by atoms with van der Waals surface area (Å²) in [5.74, 6) is 0. The lowest BCUT2D eigenvalue weighted by atomic mass is 9.99. The first kappa shape index (κ1) is 18.5. The Morgan fingerprint density at radius 1 is 0.857 bits per heavy atom. The van der Waals surface area contributed by atoms with Gasteiger partial charge in [0.05, 0.1) is 11.5 Å². The first-order chi connectivity index (χ1) is 13.5. The maximum atomic E-state index is 12.4. The molecule has 0 amide bonds. The molecule has 4 rings (SSSR count). The zero-order valence-electron chi connectivity index (χ0n) is 15.6. The zero-order valence-corrected chi connectivity index (χ0v) is 16.4. The molecule has 0 radical (unpaired) electrons. The summed E-state index contributed by atoms with van der Waals surface area (Å²) in [6.07, 6.45) is 4.02. The summed E-state index contributed by atoms with van der Waals surface area (Å²) in [6.45, 7) is 2.40. The second-order valence-electron chi connectivity index (χ2n) is 6.70. The summed E-state index contributed by atoms with van der Waals surface area (Å²) in [5.41, 5.74) is 5.44. The summed E-state index contributed by atoms with van der Waals surface area (Å²) >= 11 is 0. The van der Waals surface area contributed by atoms with Crippen LogP contribution in [0.2, 0.25) is 0 Å². The van der Waals surface area contributed by atoms with Gasteiger partial charge in [0.2, 0.25) is 0 Å². The quantitative estimate of drug-likeness (QED) is 0.583. The normalized spacial score (nSPS) is 13.0. The van der Waals surface area contributed by atoms with Crippen LogP contribution in [0.15, 0.2) is 83.9 Å². The lowest BCUT2D eigenvalue weighted by Crippen LogP contribution is -2.23. The van der Waals surface area contributed by atoms with Crippen molar-refractivity contribution in [2.45, 2.75) is 11.8 Å². The van der Waals surface area contributed by atoms with Gasteiger partial charge in [-0.3, -0.25) is 4.18 Å². The maximum absolute atomic E-state index is 12.4. The molecule has 142 valence electrons. The van der Waals surface area contributed by atoms with E-state index in [1.165, 1.54) is 0 Å². The Kier molecular flexibility index (Phi) is 5.03. The first-order valence-corrected chi connectivity index (χ1v) is 10.5. The van der Waals surface area contributed by atoms with E-state index in [1.807, 2.05) is 54.4 Å². The van der Waals surface area contributed by atoms with E-state index in [2.05, 4.69) is 18.2 Å². The highest BCUT2D eigenvalue weighted by molar-refractivity contribution is 7.86. The van der Waals surface area contributed by atoms with Crippen molar-refractivity contribution in [1.82, 2.24) is 0 Å². The van der Waals surface area contributed by atoms with Crippen molar-refractivity contribution >= 4 is 21.9 Å². The molecule has 28 heavy (non-hydrogen) atoms. The van der Waals surface area contributed by atoms with Crippen LogP contribution in [0.1, 0.15) is 11.1 Å². The van der Waals surface area contributed by atoms with Crippen LogP contribution in [0.4, 0.5) is 5.69 Å². The van der Waals surface area contributed by atoms with Crippen molar-refractivity contribution in [2.24, 2.45) is 0 Å². The number of para-hydroxylation sites is 1. The van der Waals surface area contributed by atoms with Crippen molar-refractivity contribution in [3.63, 3.8) is 0 Å². The van der Waals surface area contributed by atoms with Gasteiger partial charge in [0.15, 0.2) is 0 Å². The standard InChI is InChI=1S/C23H21NO3S/c1-18-10-12-20(13-11-18)28(25,26)27-17-16-24-15-14-19-6-2-3-7-21(19)22-8-4-5-9-23(22)24/h2-15H,16-17H2,1H3. The molecule has 0 saturated carbocycles. The van der Waals surface area contributed by atoms with E-state index in [-0.39, 0.29) is 11.5 Å². The molecule has 0 spiro atoms. The third-order valence-corrected chi connectivity index (χ3v) is 6.11. The number of rotatable bonds is 5. The van der Waals surface area contributed by atoms with Gasteiger partial charge in [0.25, 0.3) is 10.1 Å². The molecule has 1 aliphatic heterocycles. The van der Waals surface area contributed by atoms with Crippen molar-refractivity contribution < 1.29 is 12.6 Å². The molecule has 0 saturated heterocycles. The predicted octanol–water partition coefficient (Wildman–Crippen LogP) is 4.86. The van der Waals surface area contributed by atoms with E-state index in [0.29, 0.717) is 6.54 Å². The molecule has 0 fully saturated rings. The van der Waals surface area contributed by atoms with Gasteiger partial charge in [0.1, 0.15) is 0 Å². The van der Waals surface area contributed by atoms with Crippen LogP contribution in [0, 0.1) is 6.92 Å². The highest BCUT2D eigenvalue weighted by Crippen LogP contribution is 2.36. The molecule has 0 atom stereocenters. The van der Waals surface area contributed by atoms with E-state index in [1.54, 1.807) is 24.3 Å². The fraction of sp³-hybridized carbons (Fsp3) is 0.130. The van der Waals surface area contributed by atoms with Gasteiger partial charge >= 0.3 is 0 Å².